The van der Waals surface area contributed by atoms with Crippen molar-refractivity contribution in [1.82, 2.24) is 20.0 Å². The number of nitrogens with zero attached hydrogens (tertiary/aromatic N) is 4. The van der Waals surface area contributed by atoms with Crippen LogP contribution in [0.15, 0.2) is 47.7 Å². The van der Waals surface area contributed by atoms with Crippen LogP contribution in [0, 0.1) is 5.92 Å². The molecule has 6 heteroatoms. The molecule has 1 heterocycles. The first-order valence-electron chi connectivity index (χ1n) is 8.74. The van der Waals surface area contributed by atoms with Gasteiger partial charge in [0.25, 0.3) is 0 Å². The zero-order chi connectivity index (χ0) is 16.9. The fourth-order valence-corrected chi connectivity index (χ4v) is 3.14. The Labute approximate surface area is 167 Å². The van der Waals surface area contributed by atoms with Gasteiger partial charge >= 0.3 is 0 Å². The molecular weight excluding hydrogens is 425 g/mol. The lowest BCUT2D eigenvalue weighted by Gasteiger charge is -2.21. The molecule has 1 aliphatic rings. The standard InChI is InChI=1S/C19H27N5.HI/c1-4-8-16-11-18(16)22-19(20-2)23(3)13-15-12-21-24(14-15)17-9-6-5-7-10-17;/h5-7,9-10,12,14,16,18H,4,8,11,13H2,1-3H3,(H,20,22);1H. The molecule has 1 N–H and O–H groups in total. The van der Waals surface area contributed by atoms with Gasteiger partial charge in [0, 0.05) is 38.4 Å². The van der Waals surface area contributed by atoms with Crippen molar-refractivity contribution in [3.05, 3.63) is 48.3 Å². The van der Waals surface area contributed by atoms with Crippen LogP contribution in [0.25, 0.3) is 5.69 Å². The third-order valence-corrected chi connectivity index (χ3v) is 4.55. The number of hydrogen-bond acceptors (Lipinski definition) is 2. The number of benzene rings is 1. The van der Waals surface area contributed by atoms with Gasteiger partial charge in [-0.05, 0) is 30.9 Å². The molecule has 1 aromatic carbocycles. The Kier molecular flexibility index (Phi) is 7.28. The van der Waals surface area contributed by atoms with Crippen molar-refractivity contribution in [2.45, 2.75) is 38.8 Å². The highest BCUT2D eigenvalue weighted by atomic mass is 127. The van der Waals surface area contributed by atoms with E-state index in [9.17, 15) is 0 Å². The summed E-state index contributed by atoms with van der Waals surface area (Å²) < 4.78 is 1.91. The first-order chi connectivity index (χ1) is 11.7. The van der Waals surface area contributed by atoms with E-state index in [1.165, 1.54) is 24.8 Å². The summed E-state index contributed by atoms with van der Waals surface area (Å²) in [7, 11) is 3.93. The molecule has 1 aromatic heterocycles. The molecule has 0 aliphatic heterocycles. The molecule has 1 aliphatic carbocycles. The minimum absolute atomic E-state index is 0. The average Bonchev–Trinajstić information content (AvgIpc) is 3.16. The summed E-state index contributed by atoms with van der Waals surface area (Å²) in [6.07, 6.45) is 7.84. The van der Waals surface area contributed by atoms with Gasteiger partial charge in [0.1, 0.15) is 0 Å². The minimum Gasteiger partial charge on any atom is -0.353 e. The fraction of sp³-hybridized carbons (Fsp3) is 0.474. The van der Waals surface area contributed by atoms with Crippen LogP contribution in [0.1, 0.15) is 31.7 Å². The van der Waals surface area contributed by atoms with E-state index in [2.05, 4.69) is 52.6 Å². The molecule has 1 saturated carbocycles. The summed E-state index contributed by atoms with van der Waals surface area (Å²) in [5.41, 5.74) is 2.25. The first-order valence-corrected chi connectivity index (χ1v) is 8.74. The Balaban J connectivity index is 0.00000225. The molecule has 2 unspecified atom stereocenters. The predicted molar refractivity (Wildman–Crippen MR) is 114 cm³/mol. The molecule has 0 radical (unpaired) electrons. The summed E-state index contributed by atoms with van der Waals surface area (Å²) in [5.74, 6) is 1.78. The monoisotopic (exact) mass is 453 g/mol. The number of para-hydroxylation sites is 1. The van der Waals surface area contributed by atoms with Crippen molar-refractivity contribution in [2.75, 3.05) is 14.1 Å². The minimum atomic E-state index is 0. The molecule has 5 nitrogen and oxygen atoms in total. The van der Waals surface area contributed by atoms with Crippen molar-refractivity contribution in [3.8, 4) is 5.69 Å². The highest BCUT2D eigenvalue weighted by Crippen LogP contribution is 2.34. The average molecular weight is 453 g/mol. The van der Waals surface area contributed by atoms with E-state index in [1.807, 2.05) is 36.1 Å². The Bertz CT molecular complexity index is 682. The lowest BCUT2D eigenvalue weighted by Crippen LogP contribution is -2.40. The number of aliphatic imine (C=N–C) groups is 1. The van der Waals surface area contributed by atoms with E-state index in [0.717, 1.165) is 24.1 Å². The van der Waals surface area contributed by atoms with E-state index < -0.39 is 0 Å². The van der Waals surface area contributed by atoms with Crippen molar-refractivity contribution >= 4 is 29.9 Å². The molecule has 3 rings (SSSR count). The molecule has 0 saturated heterocycles. The summed E-state index contributed by atoms with van der Waals surface area (Å²) in [6.45, 7) is 3.04. The van der Waals surface area contributed by atoms with E-state index in [0.29, 0.717) is 6.04 Å². The fourth-order valence-electron chi connectivity index (χ4n) is 3.14. The second-order valence-electron chi connectivity index (χ2n) is 6.57. The third-order valence-electron chi connectivity index (χ3n) is 4.55. The molecule has 0 amide bonds. The van der Waals surface area contributed by atoms with Crippen molar-refractivity contribution in [2.24, 2.45) is 10.9 Å². The van der Waals surface area contributed by atoms with E-state index >= 15 is 0 Å². The summed E-state index contributed by atoms with van der Waals surface area (Å²) in [6, 6.07) is 10.8. The van der Waals surface area contributed by atoms with Crippen LogP contribution < -0.4 is 5.32 Å². The zero-order valence-electron chi connectivity index (χ0n) is 15.2. The Morgan fingerprint density at radius 2 is 2.12 bits per heavy atom. The third kappa shape index (κ3) is 5.20. The Hall–Kier alpha value is -1.57. The zero-order valence-corrected chi connectivity index (χ0v) is 17.6. The van der Waals surface area contributed by atoms with Crippen molar-refractivity contribution < 1.29 is 0 Å². The normalized spacial score (nSPS) is 19.2. The molecule has 25 heavy (non-hydrogen) atoms. The van der Waals surface area contributed by atoms with Crippen LogP contribution in [0.3, 0.4) is 0 Å². The number of rotatable bonds is 6. The molecule has 136 valence electrons. The lowest BCUT2D eigenvalue weighted by molar-refractivity contribution is 0.472. The maximum atomic E-state index is 4.46. The largest absolute Gasteiger partial charge is 0.353 e. The Morgan fingerprint density at radius 3 is 2.80 bits per heavy atom. The van der Waals surface area contributed by atoms with Gasteiger partial charge in [-0.15, -0.1) is 24.0 Å². The first kappa shape index (κ1) is 19.8. The van der Waals surface area contributed by atoms with Crippen molar-refractivity contribution in [3.63, 3.8) is 0 Å². The van der Waals surface area contributed by atoms with Gasteiger partial charge in [0.2, 0.25) is 0 Å². The molecule has 0 spiro atoms. The number of aromatic nitrogens is 2. The van der Waals surface area contributed by atoms with Gasteiger partial charge in [0.15, 0.2) is 5.96 Å². The SMILES string of the molecule is CCCC1CC1NC(=NC)N(C)Cc1cnn(-c2ccccc2)c1.I. The molecule has 1 fully saturated rings. The maximum Gasteiger partial charge on any atom is 0.193 e. The summed E-state index contributed by atoms with van der Waals surface area (Å²) in [5, 5.41) is 8.05. The number of nitrogens with one attached hydrogen (secondary N) is 1. The molecule has 0 bridgehead atoms. The lowest BCUT2D eigenvalue weighted by atomic mass is 10.2. The van der Waals surface area contributed by atoms with Crippen LogP contribution in [0.2, 0.25) is 0 Å². The van der Waals surface area contributed by atoms with Gasteiger partial charge in [-0.1, -0.05) is 31.5 Å². The predicted octanol–water partition coefficient (Wildman–Crippen LogP) is 3.69. The van der Waals surface area contributed by atoms with Gasteiger partial charge in [-0.2, -0.15) is 5.10 Å². The van der Waals surface area contributed by atoms with Crippen LogP contribution in [0.5, 0.6) is 0 Å². The van der Waals surface area contributed by atoms with Gasteiger partial charge in [-0.3, -0.25) is 4.99 Å². The molecule has 2 atom stereocenters. The number of guanidine groups is 1. The van der Waals surface area contributed by atoms with Crippen molar-refractivity contribution in [1.29, 1.82) is 0 Å². The number of halogens is 1. The summed E-state index contributed by atoms with van der Waals surface area (Å²) >= 11 is 0. The molecule has 2 aromatic rings. The molecular formula is C19H28IN5. The van der Waals surface area contributed by atoms with Gasteiger partial charge < -0.3 is 10.2 Å². The van der Waals surface area contributed by atoms with E-state index in [1.54, 1.807) is 0 Å². The van der Waals surface area contributed by atoms with Crippen LogP contribution >= 0.6 is 24.0 Å². The highest BCUT2D eigenvalue weighted by Gasteiger charge is 2.37. The van der Waals surface area contributed by atoms with Gasteiger partial charge in [0.05, 0.1) is 11.9 Å². The smallest absolute Gasteiger partial charge is 0.193 e. The Morgan fingerprint density at radius 1 is 1.36 bits per heavy atom. The quantitative estimate of drug-likeness (QED) is 0.413. The van der Waals surface area contributed by atoms with Crippen LogP contribution in [0.4, 0.5) is 0 Å². The van der Waals surface area contributed by atoms with Gasteiger partial charge in [-0.25, -0.2) is 4.68 Å². The van der Waals surface area contributed by atoms with E-state index in [-0.39, 0.29) is 24.0 Å². The highest BCUT2D eigenvalue weighted by molar-refractivity contribution is 14.0. The second kappa shape index (κ2) is 9.22. The maximum absolute atomic E-state index is 4.46. The topological polar surface area (TPSA) is 45.5 Å². The van der Waals surface area contributed by atoms with Crippen LogP contribution in [-0.2, 0) is 6.54 Å². The van der Waals surface area contributed by atoms with Crippen LogP contribution in [-0.4, -0.2) is 40.8 Å². The number of hydrogen-bond donors (Lipinski definition) is 1. The summed E-state index contributed by atoms with van der Waals surface area (Å²) in [4.78, 5) is 6.59. The van der Waals surface area contributed by atoms with E-state index in [4.69, 9.17) is 0 Å². The second-order valence-corrected chi connectivity index (χ2v) is 6.57.